The Morgan fingerprint density at radius 2 is 2.03 bits per heavy atom. The van der Waals surface area contributed by atoms with Crippen LogP contribution in [0.4, 0.5) is 11.8 Å². The number of ether oxygens (including phenoxy) is 1. The van der Waals surface area contributed by atoms with Crippen molar-refractivity contribution in [2.75, 3.05) is 30.4 Å². The molecule has 1 fully saturated rings. The number of piperidine rings is 1. The molecular weight excluding hydrogens is 453 g/mol. The minimum atomic E-state index is -1.01. The maximum absolute atomic E-state index is 11.2. The van der Waals surface area contributed by atoms with E-state index in [0.29, 0.717) is 66.1 Å². The van der Waals surface area contributed by atoms with Crippen molar-refractivity contribution in [3.8, 4) is 11.8 Å². The number of carboxylic acids is 1. The van der Waals surface area contributed by atoms with Gasteiger partial charge in [0.25, 0.3) is 0 Å². The molecule has 1 aliphatic heterocycles. The summed E-state index contributed by atoms with van der Waals surface area (Å²) in [5, 5.41) is 25.0. The van der Waals surface area contributed by atoms with Crippen molar-refractivity contribution in [2.24, 2.45) is 5.92 Å². The van der Waals surface area contributed by atoms with Crippen LogP contribution in [0.1, 0.15) is 24.0 Å². The molecule has 1 aromatic heterocycles. The number of benzene rings is 2. The first kappa shape index (κ1) is 25.1. The maximum atomic E-state index is 11.2. The number of rotatable bonds is 6. The van der Waals surface area contributed by atoms with Crippen molar-refractivity contribution < 1.29 is 44.2 Å². The molecule has 0 radical (unpaired) electrons. The second kappa shape index (κ2) is 11.0. The van der Waals surface area contributed by atoms with E-state index < -0.39 is 11.9 Å². The Hall–Kier alpha value is -2.57. The number of aromatic nitrogens is 2. The molecule has 8 nitrogen and oxygen atoms in total. The fourth-order valence-corrected chi connectivity index (χ4v) is 4.06. The molecule has 0 bridgehead atoms. The first-order chi connectivity index (χ1) is 15.5. The molecule has 0 aliphatic carbocycles. The number of carboxylic acid groups (broad SMARTS) is 1. The van der Waals surface area contributed by atoms with Gasteiger partial charge in [0.2, 0.25) is 5.95 Å². The molecule has 1 saturated heterocycles. The molecule has 3 aromatic rings. The normalized spacial score (nSPS) is 13.8. The first-order valence-electron chi connectivity index (χ1n) is 10.2. The van der Waals surface area contributed by atoms with Crippen LogP contribution in [0.5, 0.6) is 5.75 Å². The third kappa shape index (κ3) is 5.68. The van der Waals surface area contributed by atoms with E-state index in [4.69, 9.17) is 21.3 Å². The predicted octanol–water partition coefficient (Wildman–Crippen LogP) is -0.254. The zero-order valence-corrected chi connectivity index (χ0v) is 21.2. The van der Waals surface area contributed by atoms with Crippen molar-refractivity contribution in [1.29, 1.82) is 5.26 Å². The summed E-state index contributed by atoms with van der Waals surface area (Å²) < 4.78 is 5.20. The summed E-state index contributed by atoms with van der Waals surface area (Å²) in [5.41, 5.74) is 2.15. The molecule has 164 valence electrons. The van der Waals surface area contributed by atoms with Gasteiger partial charge in [0.15, 0.2) is 0 Å². The molecule has 10 heteroatoms. The van der Waals surface area contributed by atoms with Crippen LogP contribution in [0.15, 0.2) is 36.4 Å². The fraction of sp³-hybridized carbons (Fsp3) is 0.304. The molecule has 0 unspecified atom stereocenters. The number of hydrogen-bond acceptors (Lipinski definition) is 8. The van der Waals surface area contributed by atoms with Crippen LogP contribution >= 0.6 is 11.6 Å². The summed E-state index contributed by atoms with van der Waals surface area (Å²) in [5.74, 6) is 0.269. The van der Waals surface area contributed by atoms with Crippen molar-refractivity contribution in [3.63, 3.8) is 0 Å². The van der Waals surface area contributed by atoms with E-state index in [1.165, 1.54) is 0 Å². The zero-order valence-electron chi connectivity index (χ0n) is 18.5. The molecule has 4 rings (SSSR count). The molecule has 2 aromatic carbocycles. The van der Waals surface area contributed by atoms with E-state index in [2.05, 4.69) is 16.4 Å². The predicted molar refractivity (Wildman–Crippen MR) is 120 cm³/mol. The summed E-state index contributed by atoms with van der Waals surface area (Å²) in [4.78, 5) is 22.5. The number of nitriles is 1. The first-order valence-corrected chi connectivity index (χ1v) is 10.6. The number of nitrogens with zero attached hydrogens (tertiary/aromatic N) is 4. The Balaban J connectivity index is 0.00000306. The summed E-state index contributed by atoms with van der Waals surface area (Å²) >= 11 is 6.24. The van der Waals surface area contributed by atoms with Gasteiger partial charge in [0.1, 0.15) is 11.6 Å². The SMILES string of the molecule is COc1ccc(CNc2nc(N3CCC(C(=O)[O-])CC3)nc3ccc(C#N)cc23)cc1Cl.[Na+]. The van der Waals surface area contributed by atoms with Crippen LogP contribution in [-0.2, 0) is 11.3 Å². The van der Waals surface area contributed by atoms with E-state index in [0.717, 1.165) is 10.9 Å². The Bertz CT molecular complexity index is 1210. The molecule has 33 heavy (non-hydrogen) atoms. The van der Waals surface area contributed by atoms with Gasteiger partial charge < -0.3 is 24.9 Å². The number of carbonyl (C=O) groups is 1. The van der Waals surface area contributed by atoms with Crippen molar-refractivity contribution >= 4 is 40.2 Å². The molecule has 1 N–H and O–H groups in total. The van der Waals surface area contributed by atoms with Gasteiger partial charge in [-0.15, -0.1) is 0 Å². The van der Waals surface area contributed by atoms with Crippen LogP contribution in [-0.4, -0.2) is 36.1 Å². The monoisotopic (exact) mass is 473 g/mol. The second-order valence-corrected chi connectivity index (χ2v) is 8.03. The number of nitrogens with one attached hydrogen (secondary N) is 1. The van der Waals surface area contributed by atoms with Crippen LogP contribution in [0.2, 0.25) is 5.02 Å². The number of carbonyl (C=O) groups excluding carboxylic acids is 1. The quantitative estimate of drug-likeness (QED) is 0.487. The maximum Gasteiger partial charge on any atom is 1.00 e. The van der Waals surface area contributed by atoms with Gasteiger partial charge in [-0.05, 0) is 48.7 Å². The van der Waals surface area contributed by atoms with Gasteiger partial charge in [-0.2, -0.15) is 10.2 Å². The second-order valence-electron chi connectivity index (χ2n) is 7.62. The van der Waals surface area contributed by atoms with Gasteiger partial charge >= 0.3 is 29.6 Å². The van der Waals surface area contributed by atoms with Crippen molar-refractivity contribution in [2.45, 2.75) is 19.4 Å². The minimum Gasteiger partial charge on any atom is -0.550 e. The number of anilines is 2. The average Bonchev–Trinajstić information content (AvgIpc) is 2.82. The Morgan fingerprint density at radius 3 is 2.67 bits per heavy atom. The van der Waals surface area contributed by atoms with E-state index in [-0.39, 0.29) is 29.6 Å². The smallest absolute Gasteiger partial charge is 0.550 e. The average molecular weight is 474 g/mol. The fourth-order valence-electron chi connectivity index (χ4n) is 3.78. The summed E-state index contributed by atoms with van der Waals surface area (Å²) in [7, 11) is 1.57. The molecular formula is C23H21ClN5NaO3. The zero-order chi connectivity index (χ0) is 22.7. The van der Waals surface area contributed by atoms with Crippen LogP contribution in [0.25, 0.3) is 10.9 Å². The molecule has 0 amide bonds. The van der Waals surface area contributed by atoms with Gasteiger partial charge in [-0.1, -0.05) is 17.7 Å². The molecule has 0 spiro atoms. The van der Waals surface area contributed by atoms with Crippen LogP contribution in [0, 0.1) is 17.2 Å². The van der Waals surface area contributed by atoms with Crippen molar-refractivity contribution in [1.82, 2.24) is 9.97 Å². The summed E-state index contributed by atoms with van der Waals surface area (Å²) in [6.07, 6.45) is 0.981. The van der Waals surface area contributed by atoms with E-state index in [1.54, 1.807) is 31.4 Å². The third-order valence-corrected chi connectivity index (χ3v) is 5.90. The van der Waals surface area contributed by atoms with Gasteiger partial charge in [0, 0.05) is 36.9 Å². The number of methoxy groups -OCH3 is 1. The molecule has 2 heterocycles. The van der Waals surface area contributed by atoms with E-state index >= 15 is 0 Å². The van der Waals surface area contributed by atoms with Gasteiger partial charge in [-0.3, -0.25) is 0 Å². The number of fused-ring (bicyclic) bond motifs is 1. The van der Waals surface area contributed by atoms with Crippen molar-refractivity contribution in [3.05, 3.63) is 52.5 Å². The number of halogens is 1. The standard InChI is InChI=1S/C23H22ClN5O3.Na/c1-32-20-5-3-15(11-18(20)24)13-26-21-17-10-14(12-25)2-4-19(17)27-23(28-21)29-8-6-16(7-9-29)22(30)31;/h2-5,10-11,16H,6-9,13H2,1H3,(H,30,31)(H,26,27,28);/q;+1/p-1. The van der Waals surface area contributed by atoms with Gasteiger partial charge in [0.05, 0.1) is 29.3 Å². The van der Waals surface area contributed by atoms with Gasteiger partial charge in [-0.25, -0.2) is 4.98 Å². The van der Waals surface area contributed by atoms with E-state index in [9.17, 15) is 15.2 Å². The Morgan fingerprint density at radius 1 is 1.27 bits per heavy atom. The largest absolute Gasteiger partial charge is 1.00 e. The van der Waals surface area contributed by atoms with E-state index in [1.807, 2.05) is 17.0 Å². The molecule has 0 saturated carbocycles. The topological polar surface area (TPSA) is 114 Å². The van der Waals surface area contributed by atoms with Crippen LogP contribution in [0.3, 0.4) is 0 Å². The number of hydrogen-bond donors (Lipinski definition) is 1. The summed E-state index contributed by atoms with van der Waals surface area (Å²) in [6, 6.07) is 12.9. The molecule has 0 atom stereocenters. The summed E-state index contributed by atoms with van der Waals surface area (Å²) in [6.45, 7) is 1.53. The number of aliphatic carboxylic acids is 1. The Kier molecular flexibility index (Phi) is 8.38. The Labute approximate surface area is 218 Å². The van der Waals surface area contributed by atoms with Crippen LogP contribution < -0.4 is 49.6 Å². The molecule has 1 aliphatic rings. The minimum absolute atomic E-state index is 0. The third-order valence-electron chi connectivity index (χ3n) is 5.60.